The summed E-state index contributed by atoms with van der Waals surface area (Å²) < 4.78 is 5.19. The number of amides is 2. The lowest BCUT2D eigenvalue weighted by molar-refractivity contribution is 0.241. The van der Waals surface area contributed by atoms with Crippen molar-refractivity contribution in [2.24, 2.45) is 0 Å². The monoisotopic (exact) mass is 326 g/mol. The number of hydrogen-bond donors (Lipinski definition) is 2. The highest BCUT2D eigenvalue weighted by molar-refractivity contribution is 5.73. The van der Waals surface area contributed by atoms with Crippen LogP contribution in [0.25, 0.3) is 0 Å². The summed E-state index contributed by atoms with van der Waals surface area (Å²) in [4.78, 5) is 11.7. The molecular weight excluding hydrogens is 300 g/mol. The Morgan fingerprint density at radius 1 is 0.875 bits per heavy atom. The third-order valence-corrected chi connectivity index (χ3v) is 3.85. The van der Waals surface area contributed by atoms with Crippen molar-refractivity contribution < 1.29 is 9.53 Å². The molecule has 0 bridgehead atoms. The fraction of sp³-hybridized carbons (Fsp3) is 0.350. The van der Waals surface area contributed by atoms with Gasteiger partial charge in [0.25, 0.3) is 0 Å². The molecule has 0 spiro atoms. The van der Waals surface area contributed by atoms with Crippen LogP contribution < -0.4 is 15.4 Å². The van der Waals surface area contributed by atoms with E-state index in [2.05, 4.69) is 34.9 Å². The molecule has 0 atom stereocenters. The van der Waals surface area contributed by atoms with Gasteiger partial charge in [-0.25, -0.2) is 4.79 Å². The van der Waals surface area contributed by atoms with E-state index in [0.29, 0.717) is 13.1 Å². The molecule has 24 heavy (non-hydrogen) atoms. The molecule has 2 N–H and O–H groups in total. The minimum Gasteiger partial charge on any atom is -0.497 e. The number of nitrogens with one attached hydrogen (secondary N) is 2. The smallest absolute Gasteiger partial charge is 0.314 e. The van der Waals surface area contributed by atoms with E-state index in [9.17, 15) is 4.79 Å². The Kier molecular flexibility index (Phi) is 7.68. The van der Waals surface area contributed by atoms with Gasteiger partial charge in [0.15, 0.2) is 0 Å². The molecule has 2 aromatic rings. The molecule has 0 fully saturated rings. The van der Waals surface area contributed by atoms with E-state index >= 15 is 0 Å². The average Bonchev–Trinajstić information content (AvgIpc) is 2.62. The summed E-state index contributed by atoms with van der Waals surface area (Å²) in [5.41, 5.74) is 2.50. The molecule has 2 rings (SSSR count). The molecule has 0 radical (unpaired) electrons. The molecular formula is C20H26N2O2. The van der Waals surface area contributed by atoms with Crippen molar-refractivity contribution in [1.82, 2.24) is 10.6 Å². The number of unbranched alkanes of at least 4 members (excludes halogenated alkanes) is 1. The topological polar surface area (TPSA) is 50.4 Å². The number of aryl methyl sites for hydroxylation is 1. The molecule has 0 heterocycles. The predicted molar refractivity (Wildman–Crippen MR) is 97.5 cm³/mol. The highest BCUT2D eigenvalue weighted by Crippen LogP contribution is 2.12. The third-order valence-electron chi connectivity index (χ3n) is 3.85. The zero-order chi connectivity index (χ0) is 17.0. The summed E-state index contributed by atoms with van der Waals surface area (Å²) >= 11 is 0. The quantitative estimate of drug-likeness (QED) is 0.692. The van der Waals surface area contributed by atoms with E-state index < -0.39 is 0 Å². The van der Waals surface area contributed by atoms with Gasteiger partial charge in [0.05, 0.1) is 7.11 Å². The van der Waals surface area contributed by atoms with Gasteiger partial charge in [-0.15, -0.1) is 0 Å². The number of ether oxygens (including phenoxy) is 1. The first-order valence-corrected chi connectivity index (χ1v) is 8.46. The Bertz CT molecular complexity index is 614. The van der Waals surface area contributed by atoms with Gasteiger partial charge >= 0.3 is 6.03 Å². The molecule has 0 saturated carbocycles. The molecule has 0 aliphatic rings. The number of carbonyl (C=O) groups is 1. The molecule has 0 aliphatic heterocycles. The van der Waals surface area contributed by atoms with Crippen molar-refractivity contribution in [3.8, 4) is 5.75 Å². The van der Waals surface area contributed by atoms with Gasteiger partial charge in [-0.3, -0.25) is 0 Å². The first-order valence-electron chi connectivity index (χ1n) is 8.46. The number of urea groups is 1. The molecule has 128 valence electrons. The predicted octanol–water partition coefficient (Wildman–Crippen LogP) is 3.56. The van der Waals surface area contributed by atoms with Crippen LogP contribution in [-0.2, 0) is 12.8 Å². The number of benzene rings is 2. The van der Waals surface area contributed by atoms with Crippen LogP contribution in [0.2, 0.25) is 0 Å². The molecule has 0 saturated heterocycles. The minimum absolute atomic E-state index is 0.0994. The van der Waals surface area contributed by atoms with Crippen LogP contribution in [0.15, 0.2) is 54.6 Å². The first-order chi connectivity index (χ1) is 11.8. The molecule has 4 nitrogen and oxygen atoms in total. The average molecular weight is 326 g/mol. The summed E-state index contributed by atoms with van der Waals surface area (Å²) in [5, 5.41) is 5.79. The maximum absolute atomic E-state index is 11.7. The normalized spacial score (nSPS) is 10.2. The Labute approximate surface area is 144 Å². The standard InChI is InChI=1S/C20H26N2O2/c1-24-19-12-7-11-18(16-19)13-15-22-20(23)21-14-6-5-10-17-8-3-2-4-9-17/h2-4,7-9,11-12,16H,5-6,10,13-15H2,1H3,(H2,21,22,23). The van der Waals surface area contributed by atoms with Crippen LogP contribution in [0.5, 0.6) is 5.75 Å². The van der Waals surface area contributed by atoms with Gasteiger partial charge in [0.2, 0.25) is 0 Å². The fourth-order valence-corrected chi connectivity index (χ4v) is 2.51. The van der Waals surface area contributed by atoms with Crippen LogP contribution in [0.4, 0.5) is 4.79 Å². The maximum atomic E-state index is 11.7. The Hall–Kier alpha value is -2.49. The van der Waals surface area contributed by atoms with Crippen molar-refractivity contribution >= 4 is 6.03 Å². The summed E-state index contributed by atoms with van der Waals surface area (Å²) in [6, 6.07) is 18.2. The second-order valence-corrected chi connectivity index (χ2v) is 5.73. The number of hydrogen-bond acceptors (Lipinski definition) is 2. The van der Waals surface area contributed by atoms with Gasteiger partial charge < -0.3 is 15.4 Å². The highest BCUT2D eigenvalue weighted by Gasteiger charge is 2.00. The summed E-state index contributed by atoms with van der Waals surface area (Å²) in [6.07, 6.45) is 3.91. The maximum Gasteiger partial charge on any atom is 0.314 e. The van der Waals surface area contributed by atoms with Gasteiger partial charge in [-0.2, -0.15) is 0 Å². The number of rotatable bonds is 9. The van der Waals surface area contributed by atoms with Crippen molar-refractivity contribution in [1.29, 1.82) is 0 Å². The van der Waals surface area contributed by atoms with Gasteiger partial charge in [0, 0.05) is 13.1 Å². The molecule has 0 aromatic heterocycles. The summed E-state index contributed by atoms with van der Waals surface area (Å²) in [5.74, 6) is 0.843. The Balaban J connectivity index is 1.53. The van der Waals surface area contributed by atoms with Crippen LogP contribution in [0.1, 0.15) is 24.0 Å². The molecule has 4 heteroatoms. The van der Waals surface area contributed by atoms with Gasteiger partial charge in [0.1, 0.15) is 5.75 Å². The fourth-order valence-electron chi connectivity index (χ4n) is 2.51. The van der Waals surface area contributed by atoms with Crippen LogP contribution >= 0.6 is 0 Å². The highest BCUT2D eigenvalue weighted by atomic mass is 16.5. The number of carbonyl (C=O) groups excluding carboxylic acids is 1. The van der Waals surface area contributed by atoms with Crippen molar-refractivity contribution in [3.63, 3.8) is 0 Å². The Morgan fingerprint density at radius 2 is 1.62 bits per heavy atom. The molecule has 0 unspecified atom stereocenters. The largest absolute Gasteiger partial charge is 0.497 e. The Morgan fingerprint density at radius 3 is 2.42 bits per heavy atom. The van der Waals surface area contributed by atoms with Crippen molar-refractivity contribution in [3.05, 3.63) is 65.7 Å². The van der Waals surface area contributed by atoms with E-state index in [-0.39, 0.29) is 6.03 Å². The zero-order valence-corrected chi connectivity index (χ0v) is 14.3. The van der Waals surface area contributed by atoms with Crippen molar-refractivity contribution in [2.45, 2.75) is 25.7 Å². The molecule has 0 aliphatic carbocycles. The summed E-state index contributed by atoms with van der Waals surface area (Å²) in [7, 11) is 1.66. The van der Waals surface area contributed by atoms with Crippen LogP contribution in [0, 0.1) is 0 Å². The lowest BCUT2D eigenvalue weighted by Gasteiger charge is -2.08. The van der Waals surface area contributed by atoms with Crippen LogP contribution in [-0.4, -0.2) is 26.2 Å². The number of methoxy groups -OCH3 is 1. The third kappa shape index (κ3) is 6.73. The van der Waals surface area contributed by atoms with Crippen molar-refractivity contribution in [2.75, 3.05) is 20.2 Å². The van der Waals surface area contributed by atoms with E-state index in [1.54, 1.807) is 7.11 Å². The second-order valence-electron chi connectivity index (χ2n) is 5.73. The van der Waals surface area contributed by atoms with Gasteiger partial charge in [-0.05, 0) is 48.9 Å². The van der Waals surface area contributed by atoms with E-state index in [1.807, 2.05) is 30.3 Å². The lowest BCUT2D eigenvalue weighted by atomic mass is 10.1. The van der Waals surface area contributed by atoms with Crippen LogP contribution in [0.3, 0.4) is 0 Å². The summed E-state index contributed by atoms with van der Waals surface area (Å²) in [6.45, 7) is 1.32. The first kappa shape index (κ1) is 17.9. The minimum atomic E-state index is -0.0994. The lowest BCUT2D eigenvalue weighted by Crippen LogP contribution is -2.37. The second kappa shape index (κ2) is 10.3. The van der Waals surface area contributed by atoms with Gasteiger partial charge in [-0.1, -0.05) is 42.5 Å². The molecule has 2 amide bonds. The van der Waals surface area contributed by atoms with E-state index in [1.165, 1.54) is 5.56 Å². The molecule has 2 aromatic carbocycles. The zero-order valence-electron chi connectivity index (χ0n) is 14.3. The van der Waals surface area contributed by atoms with E-state index in [4.69, 9.17) is 4.74 Å². The van der Waals surface area contributed by atoms with E-state index in [0.717, 1.165) is 37.0 Å². The SMILES string of the molecule is COc1cccc(CCNC(=O)NCCCCc2ccccc2)c1.